The number of imide groups is 1. The smallest absolute Gasteiger partial charge is 0.293 e. The zero-order valence-corrected chi connectivity index (χ0v) is 19.0. The molecule has 33 heavy (non-hydrogen) atoms. The van der Waals surface area contributed by atoms with Gasteiger partial charge in [0.05, 0.1) is 23.0 Å². The Morgan fingerprint density at radius 2 is 2.03 bits per heavy atom. The van der Waals surface area contributed by atoms with Crippen LogP contribution in [0.25, 0.3) is 6.08 Å². The number of amides is 3. The van der Waals surface area contributed by atoms with Crippen LogP contribution in [0.15, 0.2) is 40.6 Å². The van der Waals surface area contributed by atoms with Gasteiger partial charge in [0.2, 0.25) is 0 Å². The Kier molecular flexibility index (Phi) is 7.06. The van der Waals surface area contributed by atoms with Crippen molar-refractivity contribution in [2.45, 2.75) is 0 Å². The van der Waals surface area contributed by atoms with Crippen LogP contribution in [0.2, 0.25) is 0 Å². The average molecular weight is 489 g/mol. The highest BCUT2D eigenvalue weighted by Gasteiger charge is 2.34. The van der Waals surface area contributed by atoms with Gasteiger partial charge in [0.15, 0.2) is 0 Å². The summed E-state index contributed by atoms with van der Waals surface area (Å²) in [6.07, 6.45) is 1.67. The summed E-state index contributed by atoms with van der Waals surface area (Å²) in [5.74, 6) is -0.925. The number of thiophene rings is 1. The highest BCUT2D eigenvalue weighted by Crippen LogP contribution is 2.33. The zero-order valence-electron chi connectivity index (χ0n) is 17.4. The highest BCUT2D eigenvalue weighted by atomic mass is 32.2. The number of morpholine rings is 1. The van der Waals surface area contributed by atoms with Crippen LogP contribution in [-0.4, -0.2) is 66.3 Å². The summed E-state index contributed by atoms with van der Waals surface area (Å²) in [7, 11) is 0. The molecule has 2 fully saturated rings. The van der Waals surface area contributed by atoms with Crippen molar-refractivity contribution < 1.29 is 24.0 Å². The van der Waals surface area contributed by atoms with Gasteiger partial charge >= 0.3 is 0 Å². The topological polar surface area (TPSA) is 122 Å². The molecule has 0 atom stereocenters. The molecule has 0 spiro atoms. The predicted octanol–water partition coefficient (Wildman–Crippen LogP) is 2.96. The van der Waals surface area contributed by atoms with E-state index in [0.29, 0.717) is 36.9 Å². The van der Waals surface area contributed by atoms with Crippen LogP contribution in [0.5, 0.6) is 0 Å². The molecule has 4 rings (SSSR count). The van der Waals surface area contributed by atoms with Crippen molar-refractivity contribution in [3.63, 3.8) is 0 Å². The van der Waals surface area contributed by atoms with Gasteiger partial charge in [-0.3, -0.25) is 29.4 Å². The number of nitro groups is 1. The predicted molar refractivity (Wildman–Crippen MR) is 125 cm³/mol. The Hall–Kier alpha value is -3.22. The van der Waals surface area contributed by atoms with Crippen LogP contribution in [0, 0.1) is 10.1 Å². The second kappa shape index (κ2) is 10.1. The minimum atomic E-state index is -0.521. The molecule has 3 amide bonds. The van der Waals surface area contributed by atoms with Crippen molar-refractivity contribution in [2.24, 2.45) is 0 Å². The maximum Gasteiger partial charge on any atom is 0.293 e. The lowest BCUT2D eigenvalue weighted by molar-refractivity contribution is -0.384. The molecule has 2 saturated heterocycles. The van der Waals surface area contributed by atoms with E-state index in [1.165, 1.54) is 23.5 Å². The van der Waals surface area contributed by atoms with Crippen LogP contribution >= 0.6 is 23.1 Å². The Balaban J connectivity index is 1.38. The second-order valence-electron chi connectivity index (χ2n) is 7.16. The van der Waals surface area contributed by atoms with Gasteiger partial charge < -0.3 is 15.0 Å². The monoisotopic (exact) mass is 488 g/mol. The van der Waals surface area contributed by atoms with Crippen molar-refractivity contribution in [2.75, 3.05) is 44.3 Å². The second-order valence-corrected chi connectivity index (χ2v) is 9.14. The summed E-state index contributed by atoms with van der Waals surface area (Å²) in [6, 6.07) is 8.03. The lowest BCUT2D eigenvalue weighted by Gasteiger charge is -2.28. The van der Waals surface area contributed by atoms with Gasteiger partial charge in [-0.2, -0.15) is 0 Å². The maximum absolute atomic E-state index is 12.5. The molecule has 172 valence electrons. The zero-order chi connectivity index (χ0) is 23.4. The minimum Gasteiger partial charge on any atom is -0.378 e. The quantitative estimate of drug-likeness (QED) is 0.359. The number of benzene rings is 1. The number of anilines is 1. The number of carbonyl (C=O) groups is 3. The van der Waals surface area contributed by atoms with Crippen molar-refractivity contribution in [3.8, 4) is 0 Å². The Labute approximate surface area is 197 Å². The van der Waals surface area contributed by atoms with E-state index >= 15 is 0 Å². The molecular formula is C21H20N4O6S2. The third-order valence-corrected chi connectivity index (χ3v) is 6.82. The van der Waals surface area contributed by atoms with Crippen molar-refractivity contribution in [1.82, 2.24) is 10.2 Å². The van der Waals surface area contributed by atoms with E-state index in [2.05, 4.69) is 5.32 Å². The standard InChI is InChI=1S/C21H20N4O6S2/c26-19(14-3-4-16(17(12-14)25(29)30)23-7-9-31-10-8-23)22-5-6-24-20(27)18(33-21(24)28)13-15-2-1-11-32-15/h1-4,11-13H,5-10H2,(H,22,26)/b18-13-. The van der Waals surface area contributed by atoms with Crippen LogP contribution in [-0.2, 0) is 9.53 Å². The SMILES string of the molecule is O=C(NCCN1C(=O)S/C(=C\c2cccs2)C1=O)c1ccc(N2CCOCC2)c([N+](=O)[O-])c1. The summed E-state index contributed by atoms with van der Waals surface area (Å²) < 4.78 is 5.29. The van der Waals surface area contributed by atoms with Crippen molar-refractivity contribution in [3.05, 3.63) is 61.2 Å². The highest BCUT2D eigenvalue weighted by molar-refractivity contribution is 8.18. The summed E-state index contributed by atoms with van der Waals surface area (Å²) in [5.41, 5.74) is 0.412. The molecule has 0 bridgehead atoms. The number of rotatable bonds is 7. The molecule has 0 unspecified atom stereocenters. The number of thioether (sulfide) groups is 1. The third kappa shape index (κ3) is 5.24. The number of nitrogens with zero attached hydrogens (tertiary/aromatic N) is 3. The van der Waals surface area contributed by atoms with Crippen LogP contribution in [0.3, 0.4) is 0 Å². The first-order valence-corrected chi connectivity index (χ1v) is 11.8. The molecule has 1 N–H and O–H groups in total. The van der Waals surface area contributed by atoms with E-state index in [0.717, 1.165) is 21.5 Å². The number of hydrogen-bond acceptors (Lipinski definition) is 9. The van der Waals surface area contributed by atoms with Gasteiger partial charge in [0.25, 0.3) is 22.7 Å². The van der Waals surface area contributed by atoms with Crippen molar-refractivity contribution in [1.29, 1.82) is 0 Å². The molecule has 0 saturated carbocycles. The average Bonchev–Trinajstić information content (AvgIpc) is 3.42. The Morgan fingerprint density at radius 1 is 1.24 bits per heavy atom. The Bertz CT molecular complexity index is 1110. The molecule has 1 aromatic heterocycles. The molecule has 3 heterocycles. The van der Waals surface area contributed by atoms with Gasteiger partial charge in [-0.15, -0.1) is 11.3 Å². The molecular weight excluding hydrogens is 468 g/mol. The summed E-state index contributed by atoms with van der Waals surface area (Å²) in [6.45, 7) is 2.07. The first kappa shape index (κ1) is 23.0. The first-order valence-electron chi connectivity index (χ1n) is 10.1. The number of nitrogens with one attached hydrogen (secondary N) is 1. The van der Waals surface area contributed by atoms with Gasteiger partial charge in [-0.05, 0) is 41.4 Å². The van der Waals surface area contributed by atoms with Gasteiger partial charge in [-0.25, -0.2) is 0 Å². The van der Waals surface area contributed by atoms with Gasteiger partial charge in [0, 0.05) is 42.7 Å². The molecule has 1 aromatic carbocycles. The van der Waals surface area contributed by atoms with E-state index in [9.17, 15) is 24.5 Å². The van der Waals surface area contributed by atoms with E-state index in [4.69, 9.17) is 4.74 Å². The third-order valence-electron chi connectivity index (χ3n) is 5.10. The van der Waals surface area contributed by atoms with Crippen LogP contribution in [0.4, 0.5) is 16.2 Å². The fraction of sp³-hybridized carbons (Fsp3) is 0.286. The maximum atomic E-state index is 12.5. The number of nitro benzene ring substituents is 1. The largest absolute Gasteiger partial charge is 0.378 e. The van der Waals surface area contributed by atoms with E-state index in [-0.39, 0.29) is 24.3 Å². The number of ether oxygens (including phenoxy) is 1. The fourth-order valence-corrected chi connectivity index (χ4v) is 5.05. The molecule has 2 aliphatic rings. The number of carbonyl (C=O) groups excluding carboxylic acids is 3. The van der Waals surface area contributed by atoms with Crippen LogP contribution in [0.1, 0.15) is 15.2 Å². The van der Waals surface area contributed by atoms with Gasteiger partial charge in [0.1, 0.15) is 5.69 Å². The van der Waals surface area contributed by atoms with Crippen LogP contribution < -0.4 is 10.2 Å². The minimum absolute atomic E-state index is 0.00609. The molecule has 0 aliphatic carbocycles. The fourth-order valence-electron chi connectivity index (χ4n) is 3.46. The van der Waals surface area contributed by atoms with Crippen molar-refractivity contribution >= 4 is 57.6 Å². The molecule has 10 nitrogen and oxygen atoms in total. The lowest BCUT2D eigenvalue weighted by Crippen LogP contribution is -2.37. The normalized spacial score (nSPS) is 17.6. The number of hydrogen-bond donors (Lipinski definition) is 1. The van der Waals surface area contributed by atoms with E-state index in [1.54, 1.807) is 12.1 Å². The molecule has 0 radical (unpaired) electrons. The summed E-state index contributed by atoms with van der Waals surface area (Å²) in [5, 5.41) is 15.7. The Morgan fingerprint density at radius 3 is 2.73 bits per heavy atom. The molecule has 2 aromatic rings. The summed E-state index contributed by atoms with van der Waals surface area (Å²) in [4.78, 5) is 52.5. The first-order chi connectivity index (χ1) is 15.9. The molecule has 12 heteroatoms. The van der Waals surface area contributed by atoms with Gasteiger partial charge in [-0.1, -0.05) is 6.07 Å². The lowest BCUT2D eigenvalue weighted by atomic mass is 10.1. The van der Waals surface area contributed by atoms with E-state index < -0.39 is 22.0 Å². The van der Waals surface area contributed by atoms with E-state index in [1.807, 2.05) is 22.4 Å². The molecule has 2 aliphatic heterocycles. The summed E-state index contributed by atoms with van der Waals surface area (Å²) >= 11 is 2.32.